The number of oxazole rings is 1. The summed E-state index contributed by atoms with van der Waals surface area (Å²) < 4.78 is 5.55. The average Bonchev–Trinajstić information content (AvgIpc) is 2.84. The Labute approximate surface area is 97.0 Å². The minimum atomic E-state index is 0.480. The Hall–Kier alpha value is -0.870. The van der Waals surface area contributed by atoms with E-state index in [2.05, 4.69) is 29.0 Å². The van der Waals surface area contributed by atoms with Crippen LogP contribution in [-0.4, -0.2) is 36.1 Å². The summed E-state index contributed by atoms with van der Waals surface area (Å²) in [5.74, 6) is 1.39. The Morgan fingerprint density at radius 3 is 3.06 bits per heavy atom. The number of rotatable bonds is 4. The van der Waals surface area contributed by atoms with E-state index in [0.29, 0.717) is 12.0 Å². The van der Waals surface area contributed by atoms with Crippen LogP contribution in [0.1, 0.15) is 37.8 Å². The minimum Gasteiger partial charge on any atom is -0.448 e. The van der Waals surface area contributed by atoms with E-state index in [1.807, 2.05) is 7.05 Å². The fraction of sp³-hybridized carbons (Fsp3) is 0.750. The first-order chi connectivity index (χ1) is 7.70. The Morgan fingerprint density at radius 2 is 2.44 bits per heavy atom. The lowest BCUT2D eigenvalue weighted by Gasteiger charge is -2.19. The average molecular weight is 223 g/mol. The molecule has 1 aromatic rings. The molecule has 1 aliphatic rings. The van der Waals surface area contributed by atoms with E-state index in [9.17, 15) is 0 Å². The van der Waals surface area contributed by atoms with Gasteiger partial charge in [-0.2, -0.15) is 0 Å². The third kappa shape index (κ3) is 2.44. The van der Waals surface area contributed by atoms with Crippen LogP contribution in [0.3, 0.4) is 0 Å². The van der Waals surface area contributed by atoms with Gasteiger partial charge in [0.25, 0.3) is 0 Å². The molecule has 90 valence electrons. The van der Waals surface area contributed by atoms with Gasteiger partial charge in [-0.15, -0.1) is 0 Å². The molecular formula is C12H21N3O. The van der Waals surface area contributed by atoms with Gasteiger partial charge in [-0.1, -0.05) is 0 Å². The van der Waals surface area contributed by atoms with Crippen molar-refractivity contribution in [1.82, 2.24) is 15.2 Å². The largest absolute Gasteiger partial charge is 0.448 e. The maximum atomic E-state index is 5.55. The Morgan fingerprint density at radius 1 is 1.62 bits per heavy atom. The molecule has 0 amide bonds. The standard InChI is InChI=1S/C12H21N3O/c1-9(2)15-5-4-10(7-15)12-14-11(6-13-3)8-16-12/h8-10,13H,4-7H2,1-3H3. The lowest BCUT2D eigenvalue weighted by molar-refractivity contribution is 0.268. The third-order valence-corrected chi connectivity index (χ3v) is 3.23. The van der Waals surface area contributed by atoms with Gasteiger partial charge in [-0.3, -0.25) is 0 Å². The summed E-state index contributed by atoms with van der Waals surface area (Å²) in [5.41, 5.74) is 1.00. The summed E-state index contributed by atoms with van der Waals surface area (Å²) in [7, 11) is 1.92. The van der Waals surface area contributed by atoms with E-state index in [4.69, 9.17) is 4.42 Å². The molecule has 1 saturated heterocycles. The highest BCUT2D eigenvalue weighted by Crippen LogP contribution is 2.27. The van der Waals surface area contributed by atoms with Gasteiger partial charge < -0.3 is 14.6 Å². The molecule has 1 N–H and O–H groups in total. The van der Waals surface area contributed by atoms with Crippen LogP contribution in [-0.2, 0) is 6.54 Å². The molecule has 2 heterocycles. The number of nitrogens with one attached hydrogen (secondary N) is 1. The lowest BCUT2D eigenvalue weighted by atomic mass is 10.1. The number of nitrogens with zero attached hydrogens (tertiary/aromatic N) is 2. The van der Waals surface area contributed by atoms with Gasteiger partial charge >= 0.3 is 0 Å². The summed E-state index contributed by atoms with van der Waals surface area (Å²) in [6, 6.07) is 0.622. The zero-order valence-electron chi connectivity index (χ0n) is 10.4. The molecule has 0 saturated carbocycles. The first kappa shape index (κ1) is 11.6. The molecule has 16 heavy (non-hydrogen) atoms. The van der Waals surface area contributed by atoms with Crippen molar-refractivity contribution in [2.24, 2.45) is 0 Å². The first-order valence-corrected chi connectivity index (χ1v) is 6.03. The third-order valence-electron chi connectivity index (χ3n) is 3.23. The zero-order chi connectivity index (χ0) is 11.5. The van der Waals surface area contributed by atoms with Crippen LogP contribution < -0.4 is 5.32 Å². The molecule has 0 spiro atoms. The maximum Gasteiger partial charge on any atom is 0.198 e. The van der Waals surface area contributed by atoms with Crippen LogP contribution in [0.25, 0.3) is 0 Å². The topological polar surface area (TPSA) is 41.3 Å². The number of hydrogen-bond donors (Lipinski definition) is 1. The molecule has 4 nitrogen and oxygen atoms in total. The normalized spacial score (nSPS) is 22.1. The van der Waals surface area contributed by atoms with E-state index in [0.717, 1.165) is 37.6 Å². The van der Waals surface area contributed by atoms with Gasteiger partial charge in [0.05, 0.1) is 5.69 Å². The minimum absolute atomic E-state index is 0.480. The predicted octanol–water partition coefficient (Wildman–Crippen LogP) is 1.59. The molecule has 2 rings (SSSR count). The molecule has 0 bridgehead atoms. The van der Waals surface area contributed by atoms with Crippen LogP contribution in [0.5, 0.6) is 0 Å². The molecule has 1 unspecified atom stereocenters. The molecule has 0 aliphatic carbocycles. The predicted molar refractivity (Wildman–Crippen MR) is 63.3 cm³/mol. The molecule has 0 aromatic carbocycles. The first-order valence-electron chi connectivity index (χ1n) is 6.03. The van der Waals surface area contributed by atoms with Gasteiger partial charge in [0, 0.05) is 25.0 Å². The zero-order valence-corrected chi connectivity index (χ0v) is 10.4. The number of hydrogen-bond acceptors (Lipinski definition) is 4. The molecule has 1 aliphatic heterocycles. The number of aromatic nitrogens is 1. The second kappa shape index (κ2) is 4.97. The highest BCUT2D eigenvalue weighted by molar-refractivity contribution is 5.03. The Balaban J connectivity index is 1.97. The molecule has 1 atom stereocenters. The Bertz CT molecular complexity index is 335. The Kier molecular flexibility index (Phi) is 3.61. The van der Waals surface area contributed by atoms with E-state index < -0.39 is 0 Å². The van der Waals surface area contributed by atoms with Crippen LogP contribution in [0.2, 0.25) is 0 Å². The van der Waals surface area contributed by atoms with Gasteiger partial charge in [0.15, 0.2) is 5.89 Å². The molecular weight excluding hydrogens is 202 g/mol. The van der Waals surface area contributed by atoms with Crippen LogP contribution in [0.4, 0.5) is 0 Å². The second-order valence-electron chi connectivity index (χ2n) is 4.78. The summed E-state index contributed by atoms with van der Waals surface area (Å²) in [6.45, 7) is 7.50. The maximum absolute atomic E-state index is 5.55. The van der Waals surface area contributed by atoms with Crippen LogP contribution >= 0.6 is 0 Å². The SMILES string of the molecule is CNCc1coc(C2CCN(C(C)C)C2)n1. The quantitative estimate of drug-likeness (QED) is 0.841. The van der Waals surface area contributed by atoms with E-state index in [-0.39, 0.29) is 0 Å². The molecule has 1 fully saturated rings. The van der Waals surface area contributed by atoms with Crippen molar-refractivity contribution in [3.05, 3.63) is 17.8 Å². The van der Waals surface area contributed by atoms with Crippen molar-refractivity contribution in [3.63, 3.8) is 0 Å². The van der Waals surface area contributed by atoms with Crippen LogP contribution in [0.15, 0.2) is 10.7 Å². The van der Waals surface area contributed by atoms with Crippen molar-refractivity contribution in [2.45, 2.75) is 38.8 Å². The monoisotopic (exact) mass is 223 g/mol. The second-order valence-corrected chi connectivity index (χ2v) is 4.78. The fourth-order valence-electron chi connectivity index (χ4n) is 2.23. The summed E-state index contributed by atoms with van der Waals surface area (Å²) in [4.78, 5) is 7.00. The number of likely N-dealkylation sites (tertiary alicyclic amines) is 1. The summed E-state index contributed by atoms with van der Waals surface area (Å²) >= 11 is 0. The van der Waals surface area contributed by atoms with Crippen molar-refractivity contribution < 1.29 is 4.42 Å². The smallest absolute Gasteiger partial charge is 0.198 e. The molecule has 1 aromatic heterocycles. The van der Waals surface area contributed by atoms with E-state index in [1.54, 1.807) is 6.26 Å². The fourth-order valence-corrected chi connectivity index (χ4v) is 2.23. The highest BCUT2D eigenvalue weighted by Gasteiger charge is 2.28. The van der Waals surface area contributed by atoms with Crippen molar-refractivity contribution in [3.8, 4) is 0 Å². The molecule has 0 radical (unpaired) electrons. The van der Waals surface area contributed by atoms with Crippen molar-refractivity contribution in [2.75, 3.05) is 20.1 Å². The van der Waals surface area contributed by atoms with Crippen molar-refractivity contribution >= 4 is 0 Å². The summed E-state index contributed by atoms with van der Waals surface area (Å²) in [5, 5.41) is 3.08. The van der Waals surface area contributed by atoms with E-state index >= 15 is 0 Å². The van der Waals surface area contributed by atoms with Crippen molar-refractivity contribution in [1.29, 1.82) is 0 Å². The summed E-state index contributed by atoms with van der Waals surface area (Å²) in [6.07, 6.45) is 2.93. The lowest BCUT2D eigenvalue weighted by Crippen LogP contribution is -2.27. The van der Waals surface area contributed by atoms with Gasteiger partial charge in [-0.25, -0.2) is 4.98 Å². The molecule has 4 heteroatoms. The van der Waals surface area contributed by atoms with Crippen LogP contribution in [0, 0.1) is 0 Å². The van der Waals surface area contributed by atoms with E-state index in [1.165, 1.54) is 0 Å². The van der Waals surface area contributed by atoms with Gasteiger partial charge in [0.1, 0.15) is 6.26 Å². The highest BCUT2D eigenvalue weighted by atomic mass is 16.3. The van der Waals surface area contributed by atoms with Gasteiger partial charge in [0.2, 0.25) is 0 Å². The van der Waals surface area contributed by atoms with Gasteiger partial charge in [-0.05, 0) is 33.9 Å².